The Labute approximate surface area is 91.2 Å². The van der Waals surface area contributed by atoms with E-state index >= 15 is 0 Å². The third kappa shape index (κ3) is 2.06. The van der Waals surface area contributed by atoms with Gasteiger partial charge >= 0.3 is 0 Å². The van der Waals surface area contributed by atoms with Crippen LogP contribution in [0.15, 0.2) is 42.7 Å². The lowest BCUT2D eigenvalue weighted by Gasteiger charge is -2.10. The standard InChI is InChI=1S/C12H9F2NO/c13-10-4-3-8(6-11(10)14)12(16)9-2-1-5-15-7-9/h1-7,12,16H. The molecular formula is C12H9F2NO. The third-order valence-corrected chi connectivity index (χ3v) is 2.26. The second-order valence-corrected chi connectivity index (χ2v) is 3.36. The summed E-state index contributed by atoms with van der Waals surface area (Å²) in [5.41, 5.74) is 0.834. The largest absolute Gasteiger partial charge is 0.384 e. The minimum absolute atomic E-state index is 0.298. The fourth-order valence-electron chi connectivity index (χ4n) is 1.41. The Morgan fingerprint density at radius 3 is 2.50 bits per heavy atom. The second kappa shape index (κ2) is 4.37. The Morgan fingerprint density at radius 1 is 1.06 bits per heavy atom. The summed E-state index contributed by atoms with van der Waals surface area (Å²) in [4.78, 5) is 3.84. The summed E-state index contributed by atoms with van der Waals surface area (Å²) in [6.45, 7) is 0. The molecule has 0 aliphatic carbocycles. The van der Waals surface area contributed by atoms with Gasteiger partial charge in [-0.3, -0.25) is 4.98 Å². The van der Waals surface area contributed by atoms with Crippen molar-refractivity contribution in [3.63, 3.8) is 0 Å². The van der Waals surface area contributed by atoms with E-state index in [-0.39, 0.29) is 0 Å². The molecule has 0 spiro atoms. The first-order valence-corrected chi connectivity index (χ1v) is 4.71. The van der Waals surface area contributed by atoms with Crippen molar-refractivity contribution in [2.45, 2.75) is 6.10 Å². The van der Waals surface area contributed by atoms with Gasteiger partial charge in [-0.15, -0.1) is 0 Å². The number of rotatable bonds is 2. The van der Waals surface area contributed by atoms with E-state index in [2.05, 4.69) is 4.98 Å². The van der Waals surface area contributed by atoms with Crippen LogP contribution in [-0.4, -0.2) is 10.1 Å². The molecule has 1 unspecified atom stereocenters. The van der Waals surface area contributed by atoms with E-state index in [4.69, 9.17) is 0 Å². The van der Waals surface area contributed by atoms with Crippen LogP contribution in [0.1, 0.15) is 17.2 Å². The van der Waals surface area contributed by atoms with Crippen molar-refractivity contribution in [1.82, 2.24) is 4.98 Å². The van der Waals surface area contributed by atoms with Gasteiger partial charge in [0.05, 0.1) is 0 Å². The zero-order valence-corrected chi connectivity index (χ0v) is 8.27. The van der Waals surface area contributed by atoms with Gasteiger partial charge in [0.25, 0.3) is 0 Å². The van der Waals surface area contributed by atoms with Gasteiger partial charge in [-0.05, 0) is 23.8 Å². The van der Waals surface area contributed by atoms with Gasteiger partial charge in [-0.1, -0.05) is 12.1 Å². The zero-order chi connectivity index (χ0) is 11.5. The quantitative estimate of drug-likeness (QED) is 0.844. The summed E-state index contributed by atoms with van der Waals surface area (Å²) >= 11 is 0. The average molecular weight is 221 g/mol. The number of hydrogen-bond donors (Lipinski definition) is 1. The molecule has 0 amide bonds. The molecule has 0 radical (unpaired) electrons. The van der Waals surface area contributed by atoms with E-state index in [0.29, 0.717) is 11.1 Å². The molecule has 2 nitrogen and oxygen atoms in total. The highest BCUT2D eigenvalue weighted by molar-refractivity contribution is 5.28. The number of benzene rings is 1. The van der Waals surface area contributed by atoms with Crippen LogP contribution in [0.2, 0.25) is 0 Å². The Bertz CT molecular complexity index is 488. The maximum atomic E-state index is 13.0. The minimum atomic E-state index is -0.996. The molecule has 1 aromatic carbocycles. The summed E-state index contributed by atoms with van der Waals surface area (Å²) in [5.74, 6) is -1.90. The Kier molecular flexibility index (Phi) is 2.92. The highest BCUT2D eigenvalue weighted by Gasteiger charge is 2.12. The van der Waals surface area contributed by atoms with Crippen molar-refractivity contribution in [2.24, 2.45) is 0 Å². The van der Waals surface area contributed by atoms with Gasteiger partial charge in [-0.25, -0.2) is 8.78 Å². The molecule has 4 heteroatoms. The molecule has 1 heterocycles. The summed E-state index contributed by atoms with van der Waals surface area (Å²) in [6, 6.07) is 6.64. The molecule has 2 rings (SSSR count). The number of hydrogen-bond acceptors (Lipinski definition) is 2. The molecule has 0 saturated heterocycles. The topological polar surface area (TPSA) is 33.1 Å². The van der Waals surface area contributed by atoms with Gasteiger partial charge < -0.3 is 5.11 Å². The lowest BCUT2D eigenvalue weighted by Crippen LogP contribution is -2.01. The van der Waals surface area contributed by atoms with E-state index in [0.717, 1.165) is 12.1 Å². The zero-order valence-electron chi connectivity index (χ0n) is 8.27. The molecule has 82 valence electrons. The minimum Gasteiger partial charge on any atom is -0.384 e. The van der Waals surface area contributed by atoms with Gasteiger partial charge in [-0.2, -0.15) is 0 Å². The van der Waals surface area contributed by atoms with E-state index < -0.39 is 17.7 Å². The Balaban J connectivity index is 2.34. The van der Waals surface area contributed by atoms with E-state index in [1.165, 1.54) is 12.3 Å². The van der Waals surface area contributed by atoms with Gasteiger partial charge in [0.15, 0.2) is 11.6 Å². The molecule has 0 saturated carbocycles. The molecule has 16 heavy (non-hydrogen) atoms. The summed E-state index contributed by atoms with van der Waals surface area (Å²) < 4.78 is 25.6. The number of aliphatic hydroxyl groups is 1. The van der Waals surface area contributed by atoms with Crippen LogP contribution in [0.5, 0.6) is 0 Å². The number of aromatic nitrogens is 1. The first kappa shape index (κ1) is 10.7. The van der Waals surface area contributed by atoms with Crippen LogP contribution < -0.4 is 0 Å². The predicted molar refractivity (Wildman–Crippen MR) is 54.7 cm³/mol. The molecule has 1 aromatic heterocycles. The highest BCUT2D eigenvalue weighted by atomic mass is 19.2. The lowest BCUT2D eigenvalue weighted by atomic mass is 10.0. The van der Waals surface area contributed by atoms with Crippen LogP contribution in [0.25, 0.3) is 0 Å². The normalized spacial score (nSPS) is 12.4. The van der Waals surface area contributed by atoms with E-state index in [1.807, 2.05) is 0 Å². The molecule has 0 fully saturated rings. The summed E-state index contributed by atoms with van der Waals surface area (Å²) in [5, 5.41) is 9.88. The average Bonchev–Trinajstić information content (AvgIpc) is 2.33. The fraction of sp³-hybridized carbons (Fsp3) is 0.0833. The SMILES string of the molecule is OC(c1cccnc1)c1ccc(F)c(F)c1. The third-order valence-electron chi connectivity index (χ3n) is 2.26. The summed E-state index contributed by atoms with van der Waals surface area (Å²) in [7, 11) is 0. The Morgan fingerprint density at radius 2 is 1.88 bits per heavy atom. The Hall–Kier alpha value is -1.81. The fourth-order valence-corrected chi connectivity index (χ4v) is 1.41. The molecule has 1 N–H and O–H groups in total. The van der Waals surface area contributed by atoms with Crippen molar-refractivity contribution >= 4 is 0 Å². The smallest absolute Gasteiger partial charge is 0.159 e. The predicted octanol–water partition coefficient (Wildman–Crippen LogP) is 2.44. The van der Waals surface area contributed by atoms with Gasteiger partial charge in [0.1, 0.15) is 6.10 Å². The van der Waals surface area contributed by atoms with Crippen molar-refractivity contribution in [3.05, 3.63) is 65.5 Å². The number of aliphatic hydroxyl groups excluding tert-OH is 1. The number of nitrogens with zero attached hydrogens (tertiary/aromatic N) is 1. The summed E-state index contributed by atoms with van der Waals surface area (Å²) in [6.07, 6.45) is 2.05. The van der Waals surface area contributed by atoms with Gasteiger partial charge in [0.2, 0.25) is 0 Å². The maximum Gasteiger partial charge on any atom is 0.159 e. The molecular weight excluding hydrogens is 212 g/mol. The van der Waals surface area contributed by atoms with Crippen molar-refractivity contribution < 1.29 is 13.9 Å². The number of halogens is 2. The first-order chi connectivity index (χ1) is 7.68. The highest BCUT2D eigenvalue weighted by Crippen LogP contribution is 2.22. The molecule has 1 atom stereocenters. The molecule has 0 bridgehead atoms. The van der Waals surface area contributed by atoms with Crippen LogP contribution in [0, 0.1) is 11.6 Å². The van der Waals surface area contributed by atoms with Crippen molar-refractivity contribution in [1.29, 1.82) is 0 Å². The first-order valence-electron chi connectivity index (χ1n) is 4.71. The van der Waals surface area contributed by atoms with Crippen LogP contribution in [0.4, 0.5) is 8.78 Å². The van der Waals surface area contributed by atoms with E-state index in [9.17, 15) is 13.9 Å². The van der Waals surface area contributed by atoms with Crippen LogP contribution >= 0.6 is 0 Å². The van der Waals surface area contributed by atoms with Crippen molar-refractivity contribution in [2.75, 3.05) is 0 Å². The molecule has 0 aliphatic rings. The van der Waals surface area contributed by atoms with Crippen LogP contribution in [-0.2, 0) is 0 Å². The van der Waals surface area contributed by atoms with Crippen molar-refractivity contribution in [3.8, 4) is 0 Å². The van der Waals surface area contributed by atoms with E-state index in [1.54, 1.807) is 18.3 Å². The molecule has 2 aromatic rings. The second-order valence-electron chi connectivity index (χ2n) is 3.36. The van der Waals surface area contributed by atoms with Gasteiger partial charge in [0, 0.05) is 18.0 Å². The number of pyridine rings is 1. The lowest BCUT2D eigenvalue weighted by molar-refractivity contribution is 0.219. The van der Waals surface area contributed by atoms with Crippen LogP contribution in [0.3, 0.4) is 0 Å². The maximum absolute atomic E-state index is 13.0. The monoisotopic (exact) mass is 221 g/mol. The molecule has 0 aliphatic heterocycles.